The molecule has 1 N–H and O–H groups in total. The van der Waals surface area contributed by atoms with Crippen LogP contribution in [0.5, 0.6) is 5.75 Å². The Morgan fingerprint density at radius 2 is 1.68 bits per heavy atom. The lowest BCUT2D eigenvalue weighted by atomic mass is 10.1. The number of carbonyl (C=O) groups is 2. The van der Waals surface area contributed by atoms with Crippen molar-refractivity contribution in [1.82, 2.24) is 0 Å². The van der Waals surface area contributed by atoms with Gasteiger partial charge in [0.25, 0.3) is 5.91 Å². The average molecular weight is 382 g/mol. The third kappa shape index (κ3) is 4.87. The fourth-order valence-electron chi connectivity index (χ4n) is 2.07. The van der Waals surface area contributed by atoms with E-state index in [0.29, 0.717) is 34.2 Å². The van der Waals surface area contributed by atoms with Gasteiger partial charge < -0.3 is 14.8 Å². The Morgan fingerprint density at radius 1 is 0.960 bits per heavy atom. The molecule has 5 nitrogen and oxygen atoms in total. The molecule has 0 bridgehead atoms. The summed E-state index contributed by atoms with van der Waals surface area (Å²) in [7, 11) is 0. The summed E-state index contributed by atoms with van der Waals surface area (Å²) in [6.07, 6.45) is 0. The number of benzene rings is 2. The first kappa shape index (κ1) is 19.1. The van der Waals surface area contributed by atoms with Crippen molar-refractivity contribution >= 4 is 40.8 Å². The van der Waals surface area contributed by atoms with Crippen molar-refractivity contribution in [1.29, 1.82) is 0 Å². The number of ether oxygens (including phenoxy) is 2. The lowest BCUT2D eigenvalue weighted by Crippen LogP contribution is -2.14. The predicted molar refractivity (Wildman–Crippen MR) is 98.0 cm³/mol. The van der Waals surface area contributed by atoms with Gasteiger partial charge in [-0.15, -0.1) is 0 Å². The standard InChI is InChI=1S/C18H17Cl2NO4/c1-3-24-16-10-12(18(23)25-4-2)6-8-15(16)21-17(22)11-5-7-13(19)14(20)9-11/h5-10H,3-4H2,1-2H3,(H,21,22). The molecule has 0 spiro atoms. The van der Waals surface area contributed by atoms with Crippen molar-refractivity contribution < 1.29 is 19.1 Å². The van der Waals surface area contributed by atoms with Gasteiger partial charge >= 0.3 is 5.97 Å². The molecule has 0 atom stereocenters. The molecule has 0 saturated heterocycles. The molecule has 2 rings (SSSR count). The molecule has 2 aromatic carbocycles. The summed E-state index contributed by atoms with van der Waals surface area (Å²) in [4.78, 5) is 24.2. The topological polar surface area (TPSA) is 64.6 Å². The van der Waals surface area contributed by atoms with Gasteiger partial charge in [0.05, 0.1) is 34.5 Å². The van der Waals surface area contributed by atoms with Crippen LogP contribution in [0.4, 0.5) is 5.69 Å². The molecule has 25 heavy (non-hydrogen) atoms. The van der Waals surface area contributed by atoms with Gasteiger partial charge in [-0.2, -0.15) is 0 Å². The molecule has 0 aliphatic rings. The number of rotatable bonds is 6. The highest BCUT2D eigenvalue weighted by Gasteiger charge is 2.15. The lowest BCUT2D eigenvalue weighted by molar-refractivity contribution is 0.0526. The summed E-state index contributed by atoms with van der Waals surface area (Å²) >= 11 is 11.8. The highest BCUT2D eigenvalue weighted by Crippen LogP contribution is 2.28. The van der Waals surface area contributed by atoms with Gasteiger partial charge in [-0.25, -0.2) is 4.79 Å². The van der Waals surface area contributed by atoms with Gasteiger partial charge in [0, 0.05) is 5.56 Å². The maximum absolute atomic E-state index is 12.4. The molecular formula is C18H17Cl2NO4. The van der Waals surface area contributed by atoms with E-state index in [1.165, 1.54) is 12.1 Å². The minimum atomic E-state index is -0.453. The molecule has 0 unspecified atom stereocenters. The number of anilines is 1. The smallest absolute Gasteiger partial charge is 0.338 e. The highest BCUT2D eigenvalue weighted by atomic mass is 35.5. The van der Waals surface area contributed by atoms with E-state index < -0.39 is 5.97 Å². The van der Waals surface area contributed by atoms with Crippen LogP contribution in [-0.2, 0) is 4.74 Å². The molecule has 7 heteroatoms. The molecule has 0 radical (unpaired) electrons. The van der Waals surface area contributed by atoms with Crippen molar-refractivity contribution in [2.24, 2.45) is 0 Å². The second-order valence-electron chi connectivity index (χ2n) is 4.95. The van der Waals surface area contributed by atoms with E-state index in [-0.39, 0.29) is 17.5 Å². The monoisotopic (exact) mass is 381 g/mol. The minimum Gasteiger partial charge on any atom is -0.492 e. The van der Waals surface area contributed by atoms with E-state index in [4.69, 9.17) is 32.7 Å². The summed E-state index contributed by atoms with van der Waals surface area (Å²) < 4.78 is 10.5. The van der Waals surface area contributed by atoms with Gasteiger partial charge in [0.1, 0.15) is 5.75 Å². The molecule has 0 aliphatic carbocycles. The van der Waals surface area contributed by atoms with Crippen LogP contribution in [0.3, 0.4) is 0 Å². The number of hydrogen-bond donors (Lipinski definition) is 1. The quantitative estimate of drug-likeness (QED) is 0.728. The number of esters is 1. The number of carbonyl (C=O) groups excluding carboxylic acids is 2. The molecular weight excluding hydrogens is 365 g/mol. The van der Waals surface area contributed by atoms with Crippen LogP contribution in [0, 0.1) is 0 Å². The van der Waals surface area contributed by atoms with Gasteiger partial charge in [-0.1, -0.05) is 23.2 Å². The number of halogens is 2. The highest BCUT2D eigenvalue weighted by molar-refractivity contribution is 6.42. The molecule has 132 valence electrons. The van der Waals surface area contributed by atoms with Crippen molar-refractivity contribution in [2.75, 3.05) is 18.5 Å². The predicted octanol–water partition coefficient (Wildman–Crippen LogP) is 4.82. The zero-order valence-corrected chi connectivity index (χ0v) is 15.3. The fourth-order valence-corrected chi connectivity index (χ4v) is 2.37. The summed E-state index contributed by atoms with van der Waals surface area (Å²) in [5.41, 5.74) is 1.13. The Labute approximate surface area is 155 Å². The van der Waals surface area contributed by atoms with Crippen molar-refractivity contribution in [2.45, 2.75) is 13.8 Å². The SMILES string of the molecule is CCOC(=O)c1ccc(NC(=O)c2ccc(Cl)c(Cl)c2)c(OCC)c1. The summed E-state index contributed by atoms with van der Waals surface area (Å²) in [6, 6.07) is 9.28. The minimum absolute atomic E-state index is 0.276. The summed E-state index contributed by atoms with van der Waals surface area (Å²) in [5, 5.41) is 3.40. The van der Waals surface area contributed by atoms with E-state index in [1.54, 1.807) is 31.2 Å². The Morgan fingerprint density at radius 3 is 2.32 bits per heavy atom. The Bertz CT molecular complexity index is 793. The van der Waals surface area contributed by atoms with E-state index >= 15 is 0 Å². The maximum Gasteiger partial charge on any atom is 0.338 e. The van der Waals surface area contributed by atoms with Crippen LogP contribution in [0.2, 0.25) is 10.0 Å². The number of nitrogens with one attached hydrogen (secondary N) is 1. The van der Waals surface area contributed by atoms with Gasteiger partial charge in [-0.05, 0) is 50.2 Å². The Hall–Kier alpha value is -2.24. The Kier molecular flexibility index (Phi) is 6.67. The lowest BCUT2D eigenvalue weighted by Gasteiger charge is -2.13. The fraction of sp³-hybridized carbons (Fsp3) is 0.222. The molecule has 0 aromatic heterocycles. The maximum atomic E-state index is 12.4. The molecule has 0 heterocycles. The molecule has 0 fully saturated rings. The van der Waals surface area contributed by atoms with Crippen LogP contribution in [0.1, 0.15) is 34.6 Å². The Balaban J connectivity index is 2.26. The van der Waals surface area contributed by atoms with Gasteiger partial charge in [0.2, 0.25) is 0 Å². The molecule has 0 saturated carbocycles. The third-order valence-corrected chi connectivity index (χ3v) is 3.96. The third-order valence-electron chi connectivity index (χ3n) is 3.22. The van der Waals surface area contributed by atoms with Gasteiger partial charge in [0.15, 0.2) is 0 Å². The van der Waals surface area contributed by atoms with E-state index in [9.17, 15) is 9.59 Å². The van der Waals surface area contributed by atoms with Crippen LogP contribution in [0.25, 0.3) is 0 Å². The normalized spacial score (nSPS) is 10.2. The summed E-state index contributed by atoms with van der Waals surface area (Å²) in [5.74, 6) is -0.448. The van der Waals surface area contributed by atoms with E-state index in [2.05, 4.69) is 5.32 Å². The van der Waals surface area contributed by atoms with Crippen molar-refractivity contribution in [3.63, 3.8) is 0 Å². The van der Waals surface area contributed by atoms with Crippen molar-refractivity contribution in [3.05, 3.63) is 57.6 Å². The zero-order valence-electron chi connectivity index (χ0n) is 13.8. The molecule has 0 aliphatic heterocycles. The van der Waals surface area contributed by atoms with Crippen LogP contribution in [0.15, 0.2) is 36.4 Å². The van der Waals surface area contributed by atoms with E-state index in [0.717, 1.165) is 0 Å². The average Bonchev–Trinajstić information content (AvgIpc) is 2.59. The molecule has 2 aromatic rings. The van der Waals surface area contributed by atoms with Crippen LogP contribution >= 0.6 is 23.2 Å². The zero-order chi connectivity index (χ0) is 18.4. The molecule has 1 amide bonds. The van der Waals surface area contributed by atoms with E-state index in [1.807, 2.05) is 6.92 Å². The summed E-state index contributed by atoms with van der Waals surface area (Å²) in [6.45, 7) is 4.19. The second-order valence-corrected chi connectivity index (χ2v) is 5.76. The van der Waals surface area contributed by atoms with Gasteiger partial charge in [-0.3, -0.25) is 4.79 Å². The first-order chi connectivity index (χ1) is 12.0. The van der Waals surface area contributed by atoms with Crippen LogP contribution in [-0.4, -0.2) is 25.1 Å². The first-order valence-corrected chi connectivity index (χ1v) is 8.42. The number of hydrogen-bond acceptors (Lipinski definition) is 4. The second kappa shape index (κ2) is 8.74. The first-order valence-electron chi connectivity index (χ1n) is 7.66. The van der Waals surface area contributed by atoms with Crippen molar-refractivity contribution in [3.8, 4) is 5.75 Å². The largest absolute Gasteiger partial charge is 0.492 e. The number of amides is 1. The van der Waals surface area contributed by atoms with Crippen LogP contribution < -0.4 is 10.1 Å².